The third-order valence-electron chi connectivity index (χ3n) is 3.95. The molecule has 0 aromatic heterocycles. The Morgan fingerprint density at radius 2 is 1.73 bits per heavy atom. The highest BCUT2D eigenvalue weighted by Crippen LogP contribution is 2.32. The maximum absolute atomic E-state index is 12.4. The highest BCUT2D eigenvalue weighted by atomic mass is 35.5. The van der Waals surface area contributed by atoms with E-state index in [1.165, 1.54) is 18.2 Å². The molecule has 2 aromatic rings. The number of benzene rings is 2. The fourth-order valence-corrected chi connectivity index (χ4v) is 4.01. The number of halogens is 2. The summed E-state index contributed by atoms with van der Waals surface area (Å²) in [6, 6.07) is 9.15. The summed E-state index contributed by atoms with van der Waals surface area (Å²) in [4.78, 5) is 11.8. The zero-order valence-corrected chi connectivity index (χ0v) is 18.1. The number of carbonyl (C=O) groups excluding carboxylic acids is 1. The highest BCUT2D eigenvalue weighted by Gasteiger charge is 2.20. The van der Waals surface area contributed by atoms with Crippen molar-refractivity contribution in [3.8, 4) is 17.2 Å². The van der Waals surface area contributed by atoms with Crippen molar-refractivity contribution in [2.24, 2.45) is 0 Å². The number of para-hydroxylation sites is 1. The van der Waals surface area contributed by atoms with Crippen molar-refractivity contribution >= 4 is 39.2 Å². The largest absolute Gasteiger partial charge is 0.490 e. The monoisotopic (exact) mass is 475 g/mol. The van der Waals surface area contributed by atoms with Crippen molar-refractivity contribution < 1.29 is 32.2 Å². The van der Waals surface area contributed by atoms with E-state index in [2.05, 4.69) is 4.72 Å². The van der Waals surface area contributed by atoms with Gasteiger partial charge in [0, 0.05) is 12.5 Å². The topological polar surface area (TPSA) is 100 Å². The fraction of sp³-hybridized carbons (Fsp3) is 0.316. The van der Waals surface area contributed by atoms with Gasteiger partial charge in [-0.2, -0.15) is 4.72 Å². The molecule has 3 rings (SSSR count). The maximum atomic E-state index is 12.4. The SMILES string of the molecule is O=C(CNS(=O)(=O)c1ccc2c(c1)OCCCO2)OCCOc1c(Cl)cccc1Cl. The molecule has 1 N–H and O–H groups in total. The van der Waals surface area contributed by atoms with E-state index in [-0.39, 0.29) is 23.9 Å². The zero-order valence-electron chi connectivity index (χ0n) is 15.7. The molecule has 1 aliphatic heterocycles. The van der Waals surface area contributed by atoms with Crippen LogP contribution in [0.3, 0.4) is 0 Å². The number of esters is 1. The van der Waals surface area contributed by atoms with Crippen LogP contribution < -0.4 is 18.9 Å². The number of rotatable bonds is 8. The lowest BCUT2D eigenvalue weighted by molar-refractivity contribution is -0.142. The highest BCUT2D eigenvalue weighted by molar-refractivity contribution is 7.89. The molecule has 0 aliphatic carbocycles. The van der Waals surface area contributed by atoms with Crippen LogP contribution in [-0.4, -0.2) is 47.4 Å². The summed E-state index contributed by atoms with van der Waals surface area (Å²) in [5.74, 6) is 0.339. The summed E-state index contributed by atoms with van der Waals surface area (Å²) in [6.45, 7) is 0.285. The van der Waals surface area contributed by atoms with Gasteiger partial charge in [-0.25, -0.2) is 8.42 Å². The van der Waals surface area contributed by atoms with Gasteiger partial charge in [0.15, 0.2) is 17.2 Å². The van der Waals surface area contributed by atoms with Gasteiger partial charge in [-0.05, 0) is 24.3 Å². The molecule has 0 amide bonds. The lowest BCUT2D eigenvalue weighted by Crippen LogP contribution is -2.31. The smallest absolute Gasteiger partial charge is 0.321 e. The van der Waals surface area contributed by atoms with Crippen molar-refractivity contribution in [3.05, 3.63) is 46.4 Å². The minimum atomic E-state index is -3.94. The maximum Gasteiger partial charge on any atom is 0.321 e. The second-order valence-corrected chi connectivity index (χ2v) is 8.68. The van der Waals surface area contributed by atoms with Gasteiger partial charge in [0.05, 0.1) is 28.2 Å². The molecule has 11 heteroatoms. The average Bonchev–Trinajstić information content (AvgIpc) is 2.96. The van der Waals surface area contributed by atoms with Crippen molar-refractivity contribution in [2.75, 3.05) is 33.0 Å². The minimum Gasteiger partial charge on any atom is -0.490 e. The number of hydrogen-bond donors (Lipinski definition) is 1. The van der Waals surface area contributed by atoms with Gasteiger partial charge in [-0.15, -0.1) is 0 Å². The minimum absolute atomic E-state index is 0.00407. The Morgan fingerprint density at radius 3 is 2.47 bits per heavy atom. The molecule has 0 fully saturated rings. The van der Waals surface area contributed by atoms with Crippen molar-refractivity contribution in [1.82, 2.24) is 4.72 Å². The molecule has 0 bridgehead atoms. The van der Waals surface area contributed by atoms with Crippen LogP contribution >= 0.6 is 23.2 Å². The Balaban J connectivity index is 1.47. The third-order valence-corrected chi connectivity index (χ3v) is 5.94. The van der Waals surface area contributed by atoms with E-state index in [0.29, 0.717) is 41.2 Å². The molecule has 0 saturated carbocycles. The first-order valence-corrected chi connectivity index (χ1v) is 11.2. The Hall–Kier alpha value is -2.20. The lowest BCUT2D eigenvalue weighted by Gasteiger charge is -2.11. The van der Waals surface area contributed by atoms with E-state index in [9.17, 15) is 13.2 Å². The molecule has 0 unspecified atom stereocenters. The van der Waals surface area contributed by atoms with Crippen molar-refractivity contribution in [3.63, 3.8) is 0 Å². The van der Waals surface area contributed by atoms with Gasteiger partial charge in [0.25, 0.3) is 0 Å². The molecular formula is C19H19Cl2NO7S. The predicted octanol–water partition coefficient (Wildman–Crippen LogP) is 3.06. The molecule has 0 atom stereocenters. The molecule has 30 heavy (non-hydrogen) atoms. The van der Waals surface area contributed by atoms with Crippen LogP contribution in [0.4, 0.5) is 0 Å². The van der Waals surface area contributed by atoms with Gasteiger partial charge in [0.1, 0.15) is 19.8 Å². The van der Waals surface area contributed by atoms with Crippen LogP contribution in [0.5, 0.6) is 17.2 Å². The Bertz CT molecular complexity index is 994. The Kier molecular flexibility index (Phi) is 7.65. The number of ether oxygens (including phenoxy) is 4. The van der Waals surface area contributed by atoms with E-state index in [1.54, 1.807) is 18.2 Å². The summed E-state index contributed by atoms with van der Waals surface area (Å²) >= 11 is 11.9. The molecule has 1 heterocycles. The quantitative estimate of drug-likeness (QED) is 0.462. The lowest BCUT2D eigenvalue weighted by atomic mass is 10.3. The van der Waals surface area contributed by atoms with E-state index >= 15 is 0 Å². The number of fused-ring (bicyclic) bond motifs is 1. The molecule has 0 spiro atoms. The second kappa shape index (κ2) is 10.2. The van der Waals surface area contributed by atoms with Gasteiger partial charge in [-0.1, -0.05) is 29.3 Å². The van der Waals surface area contributed by atoms with Crippen molar-refractivity contribution in [1.29, 1.82) is 0 Å². The second-order valence-electron chi connectivity index (χ2n) is 6.10. The van der Waals surface area contributed by atoms with E-state index in [4.69, 9.17) is 42.1 Å². The fourth-order valence-electron chi connectivity index (χ4n) is 2.52. The summed E-state index contributed by atoms with van der Waals surface area (Å²) in [5, 5.41) is 0.661. The molecular weight excluding hydrogens is 457 g/mol. The summed E-state index contributed by atoms with van der Waals surface area (Å²) in [5.41, 5.74) is 0. The first-order valence-electron chi connectivity index (χ1n) is 8.98. The zero-order chi connectivity index (χ0) is 21.6. The summed E-state index contributed by atoms with van der Waals surface area (Å²) in [7, 11) is -3.94. The van der Waals surface area contributed by atoms with Crippen molar-refractivity contribution in [2.45, 2.75) is 11.3 Å². The number of sulfonamides is 1. The van der Waals surface area contributed by atoms with Gasteiger partial charge in [-0.3, -0.25) is 4.79 Å². The van der Waals surface area contributed by atoms with Gasteiger partial charge < -0.3 is 18.9 Å². The molecule has 0 radical (unpaired) electrons. The summed E-state index contributed by atoms with van der Waals surface area (Å²) in [6.07, 6.45) is 0.702. The predicted molar refractivity (Wildman–Crippen MR) is 110 cm³/mol. The molecule has 1 aliphatic rings. The van der Waals surface area contributed by atoms with Crippen LogP contribution in [0.1, 0.15) is 6.42 Å². The normalized spacial score (nSPS) is 13.4. The average molecular weight is 476 g/mol. The molecule has 0 saturated heterocycles. The first kappa shape index (κ1) is 22.5. The van der Waals surface area contributed by atoms with Crippen LogP contribution in [0, 0.1) is 0 Å². The first-order chi connectivity index (χ1) is 14.4. The number of nitrogens with one attached hydrogen (secondary N) is 1. The van der Waals surface area contributed by atoms with Crippen LogP contribution in [0.25, 0.3) is 0 Å². The van der Waals surface area contributed by atoms with Crippen LogP contribution in [0.15, 0.2) is 41.3 Å². The number of carbonyl (C=O) groups is 1. The van der Waals surface area contributed by atoms with Crippen LogP contribution in [0.2, 0.25) is 10.0 Å². The van der Waals surface area contributed by atoms with Gasteiger partial charge >= 0.3 is 5.97 Å². The Morgan fingerprint density at radius 1 is 1.03 bits per heavy atom. The Labute approximate surface area is 184 Å². The van der Waals surface area contributed by atoms with E-state index in [0.717, 1.165) is 0 Å². The van der Waals surface area contributed by atoms with Crippen LogP contribution in [-0.2, 0) is 19.6 Å². The number of hydrogen-bond acceptors (Lipinski definition) is 7. The molecule has 2 aromatic carbocycles. The molecule has 162 valence electrons. The third kappa shape index (κ3) is 5.91. The summed E-state index contributed by atoms with van der Waals surface area (Å²) < 4.78 is 48.4. The van der Waals surface area contributed by atoms with E-state index in [1.807, 2.05) is 0 Å². The molecule has 8 nitrogen and oxygen atoms in total. The van der Waals surface area contributed by atoms with E-state index < -0.39 is 22.5 Å². The van der Waals surface area contributed by atoms with Gasteiger partial charge in [0.2, 0.25) is 10.0 Å². The standard InChI is InChI=1S/C19H19Cl2NO7S/c20-14-3-1-4-15(21)19(14)29-10-9-28-18(23)12-22-30(24,25)13-5-6-16-17(11-13)27-8-2-7-26-16/h1,3-6,11,22H,2,7-10,12H2.